The molecule has 0 unspecified atom stereocenters. The summed E-state index contributed by atoms with van der Waals surface area (Å²) in [6.45, 7) is 3.17. The Kier molecular flexibility index (Phi) is 6.76. The van der Waals surface area contributed by atoms with Crippen LogP contribution in [0.25, 0.3) is 0 Å². The number of ether oxygens (including phenoxy) is 3. The highest BCUT2D eigenvalue weighted by Crippen LogP contribution is 2.30. The third-order valence-corrected chi connectivity index (χ3v) is 6.61. The molecular formula is C21H25NO6S. The van der Waals surface area contributed by atoms with E-state index >= 15 is 0 Å². The lowest BCUT2D eigenvalue weighted by molar-refractivity contribution is 0.0450. The molecular weight excluding hydrogens is 394 g/mol. The molecule has 29 heavy (non-hydrogen) atoms. The van der Waals surface area contributed by atoms with Gasteiger partial charge in [0.25, 0.3) is 0 Å². The zero-order valence-electron chi connectivity index (χ0n) is 16.6. The maximum Gasteiger partial charge on any atom is 0.338 e. The van der Waals surface area contributed by atoms with Crippen molar-refractivity contribution in [2.75, 3.05) is 33.4 Å². The summed E-state index contributed by atoms with van der Waals surface area (Å²) < 4.78 is 43.2. The van der Waals surface area contributed by atoms with Gasteiger partial charge in [0.15, 0.2) is 0 Å². The van der Waals surface area contributed by atoms with Gasteiger partial charge in [-0.05, 0) is 50.1 Å². The number of methoxy groups -OCH3 is 1. The molecule has 2 aromatic rings. The van der Waals surface area contributed by atoms with Crippen LogP contribution in [-0.4, -0.2) is 52.1 Å². The van der Waals surface area contributed by atoms with Crippen LogP contribution >= 0.6 is 0 Å². The van der Waals surface area contributed by atoms with Crippen LogP contribution in [-0.2, 0) is 14.8 Å². The summed E-state index contributed by atoms with van der Waals surface area (Å²) in [6.07, 6.45) is 1.65. The quantitative estimate of drug-likeness (QED) is 0.483. The van der Waals surface area contributed by atoms with Gasteiger partial charge in [-0.1, -0.05) is 17.7 Å². The number of nitrogens with zero attached hydrogens (tertiary/aromatic N) is 1. The zero-order valence-corrected chi connectivity index (χ0v) is 17.4. The first-order chi connectivity index (χ1) is 13.9. The largest absolute Gasteiger partial charge is 0.495 e. The Labute approximate surface area is 171 Å². The molecule has 0 aliphatic carbocycles. The lowest BCUT2D eigenvalue weighted by Crippen LogP contribution is -2.28. The molecule has 1 aliphatic heterocycles. The number of hydrogen-bond donors (Lipinski definition) is 0. The molecule has 0 aromatic heterocycles. The molecule has 1 saturated heterocycles. The number of aryl methyl sites for hydroxylation is 1. The van der Waals surface area contributed by atoms with Crippen molar-refractivity contribution in [2.24, 2.45) is 0 Å². The molecule has 3 rings (SSSR count). The van der Waals surface area contributed by atoms with Gasteiger partial charge in [0.05, 0.1) is 12.7 Å². The van der Waals surface area contributed by atoms with Crippen LogP contribution in [0.2, 0.25) is 0 Å². The fourth-order valence-electron chi connectivity index (χ4n) is 3.08. The van der Waals surface area contributed by atoms with E-state index in [0.29, 0.717) is 18.8 Å². The van der Waals surface area contributed by atoms with Crippen molar-refractivity contribution in [3.05, 3.63) is 53.6 Å². The van der Waals surface area contributed by atoms with Crippen molar-refractivity contribution >= 4 is 16.0 Å². The summed E-state index contributed by atoms with van der Waals surface area (Å²) in [6, 6.07) is 11.8. The molecule has 0 radical (unpaired) electrons. The molecule has 0 saturated carbocycles. The third-order valence-electron chi connectivity index (χ3n) is 4.69. The highest BCUT2D eigenvalue weighted by atomic mass is 32.2. The molecule has 8 heteroatoms. The van der Waals surface area contributed by atoms with Gasteiger partial charge >= 0.3 is 5.97 Å². The Morgan fingerprint density at radius 1 is 1.03 bits per heavy atom. The molecule has 0 bridgehead atoms. The molecule has 156 valence electrons. The van der Waals surface area contributed by atoms with Gasteiger partial charge in [-0.2, -0.15) is 4.31 Å². The number of benzene rings is 2. The van der Waals surface area contributed by atoms with Gasteiger partial charge in [-0.25, -0.2) is 13.2 Å². The van der Waals surface area contributed by atoms with Crippen LogP contribution in [0.4, 0.5) is 0 Å². The molecule has 1 heterocycles. The van der Waals surface area contributed by atoms with Gasteiger partial charge < -0.3 is 14.2 Å². The molecule has 0 N–H and O–H groups in total. The van der Waals surface area contributed by atoms with E-state index in [1.807, 2.05) is 31.2 Å². The Morgan fingerprint density at radius 3 is 2.38 bits per heavy atom. The second-order valence-electron chi connectivity index (χ2n) is 6.77. The van der Waals surface area contributed by atoms with Crippen LogP contribution in [0.3, 0.4) is 0 Å². The predicted octanol–water partition coefficient (Wildman–Crippen LogP) is 3.02. The zero-order chi connectivity index (χ0) is 20.9. The SMILES string of the molecule is COc1ccc(C(=O)OCCOc2ccc(C)cc2)cc1S(=O)(=O)N1CCCC1. The van der Waals surface area contributed by atoms with E-state index in [4.69, 9.17) is 14.2 Å². The highest BCUT2D eigenvalue weighted by Gasteiger charge is 2.30. The van der Waals surface area contributed by atoms with E-state index in [0.717, 1.165) is 18.4 Å². The van der Waals surface area contributed by atoms with E-state index in [1.54, 1.807) is 0 Å². The summed E-state index contributed by atoms with van der Waals surface area (Å²) in [5.74, 6) is 0.282. The molecule has 0 atom stereocenters. The minimum Gasteiger partial charge on any atom is -0.495 e. The minimum absolute atomic E-state index is 0.0211. The molecule has 7 nitrogen and oxygen atoms in total. The van der Waals surface area contributed by atoms with Crippen LogP contribution < -0.4 is 9.47 Å². The number of carbonyl (C=O) groups excluding carboxylic acids is 1. The average Bonchev–Trinajstić information content (AvgIpc) is 3.27. The first-order valence-corrected chi connectivity index (χ1v) is 10.9. The number of sulfonamides is 1. The van der Waals surface area contributed by atoms with E-state index in [2.05, 4.69) is 0 Å². The fourth-order valence-corrected chi connectivity index (χ4v) is 4.78. The normalized spacial score (nSPS) is 14.6. The van der Waals surface area contributed by atoms with Gasteiger partial charge in [0.2, 0.25) is 10.0 Å². The molecule has 1 aliphatic rings. The summed E-state index contributed by atoms with van der Waals surface area (Å²) in [4.78, 5) is 12.4. The minimum atomic E-state index is -3.73. The predicted molar refractivity (Wildman–Crippen MR) is 108 cm³/mol. The third kappa shape index (κ3) is 5.07. The van der Waals surface area contributed by atoms with Crippen molar-refractivity contribution < 1.29 is 27.4 Å². The Bertz CT molecular complexity index is 950. The van der Waals surface area contributed by atoms with Crippen LogP contribution in [0.1, 0.15) is 28.8 Å². The summed E-state index contributed by atoms with van der Waals surface area (Å²) in [5.41, 5.74) is 1.28. The van der Waals surface area contributed by atoms with Crippen molar-refractivity contribution in [3.8, 4) is 11.5 Å². The van der Waals surface area contributed by atoms with Gasteiger partial charge in [-0.3, -0.25) is 0 Å². The van der Waals surface area contributed by atoms with E-state index < -0.39 is 16.0 Å². The second-order valence-corrected chi connectivity index (χ2v) is 8.68. The lowest BCUT2D eigenvalue weighted by atomic mass is 10.2. The Hall–Kier alpha value is -2.58. The van der Waals surface area contributed by atoms with E-state index in [9.17, 15) is 13.2 Å². The molecule has 0 amide bonds. The molecule has 2 aromatic carbocycles. The topological polar surface area (TPSA) is 82.1 Å². The van der Waals surface area contributed by atoms with Gasteiger partial charge in [0, 0.05) is 13.1 Å². The summed E-state index contributed by atoms with van der Waals surface area (Å²) >= 11 is 0. The first kappa shape index (κ1) is 21.1. The maximum atomic E-state index is 12.9. The van der Waals surface area contributed by atoms with Crippen LogP contribution in [0.15, 0.2) is 47.4 Å². The first-order valence-electron chi connectivity index (χ1n) is 9.46. The summed E-state index contributed by atoms with van der Waals surface area (Å²) in [5, 5.41) is 0. The monoisotopic (exact) mass is 419 g/mol. The van der Waals surface area contributed by atoms with Crippen molar-refractivity contribution in [2.45, 2.75) is 24.7 Å². The Balaban J connectivity index is 1.65. The number of esters is 1. The number of carbonyl (C=O) groups is 1. The van der Waals surface area contributed by atoms with Crippen LogP contribution in [0.5, 0.6) is 11.5 Å². The van der Waals surface area contributed by atoms with E-state index in [-0.39, 0.29) is 29.4 Å². The van der Waals surface area contributed by atoms with Gasteiger partial charge in [-0.15, -0.1) is 0 Å². The second kappa shape index (κ2) is 9.28. The van der Waals surface area contributed by atoms with Crippen LogP contribution in [0, 0.1) is 6.92 Å². The van der Waals surface area contributed by atoms with Crippen molar-refractivity contribution in [3.63, 3.8) is 0 Å². The van der Waals surface area contributed by atoms with Gasteiger partial charge in [0.1, 0.15) is 29.6 Å². The Morgan fingerprint density at radius 2 is 1.72 bits per heavy atom. The standard InChI is InChI=1S/C21H25NO6S/c1-16-5-8-18(9-6-16)27-13-14-28-21(23)17-7-10-19(26-2)20(15-17)29(24,25)22-11-3-4-12-22/h5-10,15H,3-4,11-14H2,1-2H3. The fraction of sp³-hybridized carbons (Fsp3) is 0.381. The maximum absolute atomic E-state index is 12.9. The van der Waals surface area contributed by atoms with Crippen molar-refractivity contribution in [1.29, 1.82) is 0 Å². The average molecular weight is 419 g/mol. The molecule has 1 fully saturated rings. The van der Waals surface area contributed by atoms with E-state index in [1.165, 1.54) is 29.6 Å². The summed E-state index contributed by atoms with van der Waals surface area (Å²) in [7, 11) is -2.32. The smallest absolute Gasteiger partial charge is 0.338 e. The highest BCUT2D eigenvalue weighted by molar-refractivity contribution is 7.89. The number of rotatable bonds is 8. The lowest BCUT2D eigenvalue weighted by Gasteiger charge is -2.18. The molecule has 0 spiro atoms. The number of hydrogen-bond acceptors (Lipinski definition) is 6. The van der Waals surface area contributed by atoms with Crippen molar-refractivity contribution in [1.82, 2.24) is 4.31 Å².